The molecule has 0 bridgehead atoms. The maximum absolute atomic E-state index is 10.6. The van der Waals surface area contributed by atoms with Crippen LogP contribution >= 0.6 is 0 Å². The summed E-state index contributed by atoms with van der Waals surface area (Å²) in [6.45, 7) is 0. The van der Waals surface area contributed by atoms with Crippen LogP contribution in [0.25, 0.3) is 0 Å². The normalized spacial score (nSPS) is 9.88. The van der Waals surface area contributed by atoms with Gasteiger partial charge < -0.3 is 10.5 Å². The summed E-state index contributed by atoms with van der Waals surface area (Å²) in [5.74, 6) is 0.968. The molecule has 1 aromatic carbocycles. The highest BCUT2D eigenvalue weighted by atomic mass is 16.6. The second-order valence-electron chi connectivity index (χ2n) is 3.26. The van der Waals surface area contributed by atoms with Crippen LogP contribution in [0.15, 0.2) is 42.5 Å². The molecule has 1 heterocycles. The van der Waals surface area contributed by atoms with Crippen molar-refractivity contribution in [1.29, 1.82) is 0 Å². The Balaban J connectivity index is 2.24. The first-order valence-corrected chi connectivity index (χ1v) is 4.80. The van der Waals surface area contributed by atoms with Crippen LogP contribution in [0, 0.1) is 10.1 Å². The average Bonchev–Trinajstić information content (AvgIpc) is 2.29. The monoisotopic (exact) mass is 231 g/mol. The van der Waals surface area contributed by atoms with Gasteiger partial charge in [-0.05, 0) is 12.1 Å². The Bertz CT molecular complexity index is 557. The van der Waals surface area contributed by atoms with Crippen molar-refractivity contribution in [3.8, 4) is 11.6 Å². The van der Waals surface area contributed by atoms with Gasteiger partial charge in [0.25, 0.3) is 5.69 Å². The topological polar surface area (TPSA) is 91.3 Å². The fourth-order valence-electron chi connectivity index (χ4n) is 1.27. The van der Waals surface area contributed by atoms with Gasteiger partial charge >= 0.3 is 0 Å². The first-order chi connectivity index (χ1) is 8.15. The van der Waals surface area contributed by atoms with Crippen molar-refractivity contribution >= 4 is 11.5 Å². The number of hydrogen-bond donors (Lipinski definition) is 1. The van der Waals surface area contributed by atoms with Crippen molar-refractivity contribution in [3.05, 3.63) is 52.6 Å². The minimum atomic E-state index is -0.486. The molecule has 0 atom stereocenters. The van der Waals surface area contributed by atoms with Crippen LogP contribution in [-0.4, -0.2) is 9.91 Å². The molecule has 2 N–H and O–H groups in total. The Kier molecular flexibility index (Phi) is 2.87. The van der Waals surface area contributed by atoms with Crippen LogP contribution in [0.4, 0.5) is 11.5 Å². The van der Waals surface area contributed by atoms with Crippen LogP contribution < -0.4 is 10.5 Å². The number of non-ortho nitro benzene ring substituents is 1. The van der Waals surface area contributed by atoms with Crippen molar-refractivity contribution in [2.24, 2.45) is 0 Å². The zero-order valence-electron chi connectivity index (χ0n) is 8.74. The van der Waals surface area contributed by atoms with Crippen LogP contribution in [0.3, 0.4) is 0 Å². The van der Waals surface area contributed by atoms with E-state index in [4.69, 9.17) is 10.5 Å². The first kappa shape index (κ1) is 10.9. The van der Waals surface area contributed by atoms with Gasteiger partial charge in [-0.25, -0.2) is 0 Å². The summed E-state index contributed by atoms with van der Waals surface area (Å²) in [4.78, 5) is 14.0. The Morgan fingerprint density at radius 3 is 2.71 bits per heavy atom. The molecule has 0 fully saturated rings. The van der Waals surface area contributed by atoms with Crippen LogP contribution in [0.2, 0.25) is 0 Å². The molecule has 2 aromatic rings. The van der Waals surface area contributed by atoms with E-state index in [0.29, 0.717) is 17.4 Å². The van der Waals surface area contributed by atoms with Crippen molar-refractivity contribution in [2.75, 3.05) is 5.73 Å². The Hall–Kier alpha value is -2.63. The fourth-order valence-corrected chi connectivity index (χ4v) is 1.27. The smallest absolute Gasteiger partial charge is 0.273 e. The highest BCUT2D eigenvalue weighted by Gasteiger charge is 2.07. The molecule has 6 nitrogen and oxygen atoms in total. The number of ether oxygens (including phenoxy) is 1. The molecule has 0 unspecified atom stereocenters. The van der Waals surface area contributed by atoms with Gasteiger partial charge in [0.1, 0.15) is 11.6 Å². The predicted molar refractivity (Wildman–Crippen MR) is 61.8 cm³/mol. The molecule has 0 radical (unpaired) electrons. The highest BCUT2D eigenvalue weighted by Crippen LogP contribution is 2.24. The number of hydrogen-bond acceptors (Lipinski definition) is 5. The van der Waals surface area contributed by atoms with Crippen LogP contribution in [-0.2, 0) is 0 Å². The number of aromatic nitrogens is 1. The van der Waals surface area contributed by atoms with Crippen molar-refractivity contribution in [1.82, 2.24) is 4.98 Å². The first-order valence-electron chi connectivity index (χ1n) is 4.80. The van der Waals surface area contributed by atoms with E-state index in [-0.39, 0.29) is 5.69 Å². The summed E-state index contributed by atoms with van der Waals surface area (Å²) in [6.07, 6.45) is 0. The largest absolute Gasteiger partial charge is 0.439 e. The SMILES string of the molecule is Nc1cccc(Oc2cccc([N+](=O)[O-])c2)n1. The molecule has 2 rings (SSSR count). The third-order valence-corrected chi connectivity index (χ3v) is 2.00. The summed E-state index contributed by atoms with van der Waals surface area (Å²) in [5.41, 5.74) is 5.46. The maximum Gasteiger partial charge on any atom is 0.273 e. The fraction of sp³-hybridized carbons (Fsp3) is 0. The van der Waals surface area contributed by atoms with Crippen molar-refractivity contribution < 1.29 is 9.66 Å². The van der Waals surface area contributed by atoms with Gasteiger partial charge in [-0.3, -0.25) is 10.1 Å². The van der Waals surface area contributed by atoms with Gasteiger partial charge in [-0.2, -0.15) is 4.98 Å². The zero-order chi connectivity index (χ0) is 12.3. The molecule has 0 amide bonds. The third kappa shape index (κ3) is 2.69. The molecule has 0 saturated heterocycles. The number of anilines is 1. The Labute approximate surface area is 96.8 Å². The maximum atomic E-state index is 10.6. The van der Waals surface area contributed by atoms with Crippen LogP contribution in [0.5, 0.6) is 11.6 Å². The van der Waals surface area contributed by atoms with Gasteiger partial charge in [0.15, 0.2) is 0 Å². The molecule has 1 aromatic heterocycles. The molecule has 0 aliphatic carbocycles. The Morgan fingerprint density at radius 1 is 1.24 bits per heavy atom. The minimum absolute atomic E-state index is 0.0357. The number of pyridine rings is 1. The molecular formula is C11H9N3O3. The third-order valence-electron chi connectivity index (χ3n) is 2.00. The van der Waals surface area contributed by atoms with Gasteiger partial charge in [0.2, 0.25) is 5.88 Å². The summed E-state index contributed by atoms with van der Waals surface area (Å²) < 4.78 is 5.35. The second-order valence-corrected chi connectivity index (χ2v) is 3.26. The number of rotatable bonds is 3. The van der Waals surface area contributed by atoms with Gasteiger partial charge in [-0.15, -0.1) is 0 Å². The van der Waals surface area contributed by atoms with Crippen molar-refractivity contribution in [3.63, 3.8) is 0 Å². The summed E-state index contributed by atoms with van der Waals surface area (Å²) in [6, 6.07) is 10.8. The molecule has 0 spiro atoms. The van der Waals surface area contributed by atoms with E-state index >= 15 is 0 Å². The quantitative estimate of drug-likeness (QED) is 0.646. The molecule has 6 heteroatoms. The lowest BCUT2D eigenvalue weighted by atomic mass is 10.3. The van der Waals surface area contributed by atoms with E-state index < -0.39 is 4.92 Å². The van der Waals surface area contributed by atoms with Gasteiger partial charge in [-0.1, -0.05) is 12.1 Å². The lowest BCUT2D eigenvalue weighted by Crippen LogP contribution is -1.93. The Morgan fingerprint density at radius 2 is 2.00 bits per heavy atom. The molecule has 0 aliphatic heterocycles. The summed E-state index contributed by atoms with van der Waals surface area (Å²) >= 11 is 0. The molecule has 17 heavy (non-hydrogen) atoms. The number of nitrogens with two attached hydrogens (primary N) is 1. The van der Waals surface area contributed by atoms with E-state index in [0.717, 1.165) is 0 Å². The summed E-state index contributed by atoms with van der Waals surface area (Å²) in [7, 11) is 0. The number of nitrogen functional groups attached to an aromatic ring is 1. The zero-order valence-corrected chi connectivity index (χ0v) is 8.74. The summed E-state index contributed by atoms with van der Waals surface area (Å²) in [5, 5.41) is 10.6. The lowest BCUT2D eigenvalue weighted by Gasteiger charge is -2.04. The standard InChI is InChI=1S/C11H9N3O3/c12-10-5-2-6-11(13-10)17-9-4-1-3-8(7-9)14(15)16/h1-7H,(H2,12,13). The number of benzene rings is 1. The van der Waals surface area contributed by atoms with E-state index in [9.17, 15) is 10.1 Å². The highest BCUT2D eigenvalue weighted by molar-refractivity contribution is 5.40. The number of nitro groups is 1. The van der Waals surface area contributed by atoms with E-state index in [1.165, 1.54) is 12.1 Å². The van der Waals surface area contributed by atoms with Gasteiger partial charge in [0.05, 0.1) is 11.0 Å². The number of nitrogens with zero attached hydrogens (tertiary/aromatic N) is 2. The van der Waals surface area contributed by atoms with Gasteiger partial charge in [0, 0.05) is 12.1 Å². The van der Waals surface area contributed by atoms with E-state index in [1.807, 2.05) is 0 Å². The predicted octanol–water partition coefficient (Wildman–Crippen LogP) is 2.36. The van der Waals surface area contributed by atoms with E-state index in [1.54, 1.807) is 30.3 Å². The molecule has 0 aliphatic rings. The molecular weight excluding hydrogens is 222 g/mol. The average molecular weight is 231 g/mol. The van der Waals surface area contributed by atoms with Crippen molar-refractivity contribution in [2.45, 2.75) is 0 Å². The molecule has 86 valence electrons. The second kappa shape index (κ2) is 4.48. The minimum Gasteiger partial charge on any atom is -0.439 e. The van der Waals surface area contributed by atoms with E-state index in [2.05, 4.69) is 4.98 Å². The van der Waals surface area contributed by atoms with Crippen LogP contribution in [0.1, 0.15) is 0 Å². The molecule has 0 saturated carbocycles. The number of nitro benzene ring substituents is 1. The lowest BCUT2D eigenvalue weighted by molar-refractivity contribution is -0.384.